The molecule has 1 aromatic carbocycles. The van der Waals surface area contributed by atoms with Crippen molar-refractivity contribution in [2.24, 2.45) is 5.10 Å². The van der Waals surface area contributed by atoms with Crippen LogP contribution in [0.1, 0.15) is 5.56 Å². The monoisotopic (exact) mass is 244 g/mol. The molecule has 1 heterocycles. The number of aromatic nitrogens is 1. The number of ether oxygens (including phenoxy) is 1. The van der Waals surface area contributed by atoms with Gasteiger partial charge in [0, 0.05) is 17.7 Å². The molecule has 0 bridgehead atoms. The van der Waals surface area contributed by atoms with Gasteiger partial charge in [-0.15, -0.1) is 0 Å². The van der Waals surface area contributed by atoms with Gasteiger partial charge in [-0.3, -0.25) is 0 Å². The van der Waals surface area contributed by atoms with Gasteiger partial charge in [-0.1, -0.05) is 28.9 Å². The molecule has 0 aliphatic carbocycles. The highest BCUT2D eigenvalue weighted by molar-refractivity contribution is 7.78. The average Bonchev–Trinajstić information content (AvgIpc) is 2.40. The molecule has 0 amide bonds. The summed E-state index contributed by atoms with van der Waals surface area (Å²) in [6.45, 7) is 0. The van der Waals surface area contributed by atoms with Crippen LogP contribution >= 0.6 is 0 Å². The third-order valence-electron chi connectivity index (χ3n) is 2.24. The summed E-state index contributed by atoms with van der Waals surface area (Å²) in [5.41, 5.74) is 0.821. The standard InChI is InChI=1S/C13H12N2OS/c1-16-12-8-4-3-7-11(12)13(17)14-15-9-5-2-6-10-15/h2-10H,1H3. The summed E-state index contributed by atoms with van der Waals surface area (Å²) in [5, 5.41) is 4.80. The Morgan fingerprint density at radius 3 is 2.53 bits per heavy atom. The van der Waals surface area contributed by atoms with Crippen molar-refractivity contribution in [3.05, 3.63) is 60.4 Å². The van der Waals surface area contributed by atoms with E-state index in [2.05, 4.69) is 5.10 Å². The molecular formula is C13H12N2OS. The number of para-hydroxylation sites is 1. The molecule has 0 N–H and O–H groups in total. The largest absolute Gasteiger partial charge is 0.754 e. The van der Waals surface area contributed by atoms with Gasteiger partial charge in [-0.05, 0) is 16.2 Å². The van der Waals surface area contributed by atoms with E-state index in [4.69, 9.17) is 17.4 Å². The van der Waals surface area contributed by atoms with Crippen molar-refractivity contribution in [1.82, 2.24) is 0 Å². The topological polar surface area (TPSA) is 25.5 Å². The molecule has 0 spiro atoms. The van der Waals surface area contributed by atoms with E-state index in [-0.39, 0.29) is 0 Å². The molecule has 86 valence electrons. The zero-order chi connectivity index (χ0) is 12.1. The summed E-state index contributed by atoms with van der Waals surface area (Å²) in [6.07, 6.45) is 3.67. The Morgan fingerprint density at radius 1 is 1.12 bits per heavy atom. The predicted molar refractivity (Wildman–Crippen MR) is 68.9 cm³/mol. The molecule has 3 nitrogen and oxygen atoms in total. The molecule has 0 saturated carbocycles. The van der Waals surface area contributed by atoms with Crippen LogP contribution in [0.3, 0.4) is 0 Å². The first kappa shape index (κ1) is 11.5. The third-order valence-corrected chi connectivity index (χ3v) is 2.55. The molecule has 1 aromatic heterocycles. The lowest BCUT2D eigenvalue weighted by atomic mass is 10.2. The molecular weight excluding hydrogens is 232 g/mol. The van der Waals surface area contributed by atoms with Crippen LogP contribution in [-0.4, -0.2) is 12.2 Å². The van der Waals surface area contributed by atoms with E-state index in [0.717, 1.165) is 11.3 Å². The molecule has 0 aliphatic rings. The third kappa shape index (κ3) is 2.79. The summed E-state index contributed by atoms with van der Waals surface area (Å²) in [5.74, 6) is 0.734. The molecule has 2 rings (SSSR count). The number of hydrogen-bond donors (Lipinski definition) is 0. The lowest BCUT2D eigenvalue weighted by Gasteiger charge is -2.11. The Kier molecular flexibility index (Phi) is 3.67. The molecule has 0 radical (unpaired) electrons. The minimum atomic E-state index is 0.499. The first-order chi connectivity index (χ1) is 8.31. The van der Waals surface area contributed by atoms with Gasteiger partial charge in [0.15, 0.2) is 0 Å². The van der Waals surface area contributed by atoms with E-state index in [0.29, 0.717) is 5.04 Å². The van der Waals surface area contributed by atoms with Crippen LogP contribution in [-0.2, 0) is 12.6 Å². The Hall–Kier alpha value is -1.94. The molecule has 2 aromatic rings. The highest BCUT2D eigenvalue weighted by Gasteiger charge is 2.02. The molecule has 0 unspecified atom stereocenters. The minimum absolute atomic E-state index is 0.499. The van der Waals surface area contributed by atoms with Crippen LogP contribution in [0.4, 0.5) is 0 Å². The molecule has 0 fully saturated rings. The van der Waals surface area contributed by atoms with Crippen molar-refractivity contribution in [2.75, 3.05) is 7.11 Å². The number of benzene rings is 1. The summed E-state index contributed by atoms with van der Waals surface area (Å²) in [4.78, 5) is 0. The van der Waals surface area contributed by atoms with Gasteiger partial charge < -0.3 is 17.4 Å². The van der Waals surface area contributed by atoms with Crippen molar-refractivity contribution in [2.45, 2.75) is 0 Å². The van der Waals surface area contributed by atoms with Gasteiger partial charge in [-0.25, -0.2) is 0 Å². The zero-order valence-corrected chi connectivity index (χ0v) is 10.2. The van der Waals surface area contributed by atoms with E-state index >= 15 is 0 Å². The van der Waals surface area contributed by atoms with Crippen molar-refractivity contribution >= 4 is 17.7 Å². The number of nitrogens with zero attached hydrogens (tertiary/aromatic N) is 2. The predicted octanol–water partition coefficient (Wildman–Crippen LogP) is 1.74. The smallest absolute Gasteiger partial charge is 0.202 e. The quantitative estimate of drug-likeness (QED) is 0.356. The zero-order valence-electron chi connectivity index (χ0n) is 9.41. The second-order valence-electron chi connectivity index (χ2n) is 3.36. The lowest BCUT2D eigenvalue weighted by molar-refractivity contribution is -0.678. The van der Waals surface area contributed by atoms with E-state index in [1.165, 1.54) is 0 Å². The van der Waals surface area contributed by atoms with E-state index < -0.39 is 0 Å². The van der Waals surface area contributed by atoms with Gasteiger partial charge in [0.1, 0.15) is 5.75 Å². The van der Waals surface area contributed by atoms with Gasteiger partial charge >= 0.3 is 0 Å². The normalized spacial score (nSPS) is 11.2. The highest BCUT2D eigenvalue weighted by atomic mass is 32.1. The maximum absolute atomic E-state index is 5.29. The van der Waals surface area contributed by atoms with Gasteiger partial charge in [0.2, 0.25) is 12.4 Å². The van der Waals surface area contributed by atoms with Gasteiger partial charge in [0.25, 0.3) is 0 Å². The molecule has 17 heavy (non-hydrogen) atoms. The summed E-state index contributed by atoms with van der Waals surface area (Å²) >= 11 is 5.29. The number of pyridine rings is 1. The van der Waals surface area contributed by atoms with Crippen molar-refractivity contribution in [3.8, 4) is 5.75 Å². The molecule has 4 heteroatoms. The van der Waals surface area contributed by atoms with Crippen LogP contribution < -0.4 is 9.41 Å². The SMILES string of the molecule is COc1ccccc1/C([S-])=N\[n+]1ccccc1. The van der Waals surface area contributed by atoms with Gasteiger partial charge in [0.05, 0.1) is 7.11 Å². The summed E-state index contributed by atoms with van der Waals surface area (Å²) in [7, 11) is 1.62. The summed E-state index contributed by atoms with van der Waals surface area (Å²) in [6, 6.07) is 13.3. The number of rotatable bonds is 3. The second kappa shape index (κ2) is 5.41. The van der Waals surface area contributed by atoms with Crippen LogP contribution in [0.15, 0.2) is 60.0 Å². The second-order valence-corrected chi connectivity index (χ2v) is 3.75. The Balaban J connectivity index is 2.37. The van der Waals surface area contributed by atoms with Crippen molar-refractivity contribution in [1.29, 1.82) is 0 Å². The Labute approximate surface area is 106 Å². The first-order valence-corrected chi connectivity index (χ1v) is 5.58. The van der Waals surface area contributed by atoms with E-state index in [9.17, 15) is 0 Å². The maximum atomic E-state index is 5.29. The average molecular weight is 244 g/mol. The minimum Gasteiger partial charge on any atom is -0.754 e. The highest BCUT2D eigenvalue weighted by Crippen LogP contribution is 2.17. The fraction of sp³-hybridized carbons (Fsp3) is 0.0769. The molecule has 0 aliphatic heterocycles. The fourth-order valence-electron chi connectivity index (χ4n) is 1.44. The van der Waals surface area contributed by atoms with Crippen LogP contribution in [0.5, 0.6) is 5.75 Å². The maximum Gasteiger partial charge on any atom is 0.202 e. The van der Waals surface area contributed by atoms with Crippen LogP contribution in [0.25, 0.3) is 0 Å². The number of hydrogen-bond acceptors (Lipinski definition) is 3. The fourth-order valence-corrected chi connectivity index (χ4v) is 1.70. The van der Waals surface area contributed by atoms with Crippen molar-refractivity contribution < 1.29 is 9.41 Å². The van der Waals surface area contributed by atoms with Crippen molar-refractivity contribution in [3.63, 3.8) is 0 Å². The summed E-state index contributed by atoms with van der Waals surface area (Å²) < 4.78 is 6.92. The van der Waals surface area contributed by atoms with E-state index in [1.807, 2.05) is 54.9 Å². The van der Waals surface area contributed by atoms with Crippen LogP contribution in [0, 0.1) is 0 Å². The Bertz CT molecular complexity index is 526. The first-order valence-electron chi connectivity index (χ1n) is 5.17. The molecule has 0 atom stereocenters. The van der Waals surface area contributed by atoms with Crippen LogP contribution in [0.2, 0.25) is 0 Å². The molecule has 0 saturated heterocycles. The Morgan fingerprint density at radius 2 is 1.82 bits per heavy atom. The van der Waals surface area contributed by atoms with E-state index in [1.54, 1.807) is 11.8 Å². The van der Waals surface area contributed by atoms with Gasteiger partial charge in [-0.2, -0.15) is 0 Å². The lowest BCUT2D eigenvalue weighted by Crippen LogP contribution is -2.27. The number of methoxy groups -OCH3 is 1.